The summed E-state index contributed by atoms with van der Waals surface area (Å²) in [7, 11) is -1.35. The molecule has 0 spiro atoms. The summed E-state index contributed by atoms with van der Waals surface area (Å²) < 4.78 is 25.3. The lowest BCUT2D eigenvalue weighted by atomic mass is 9.91. The molecule has 3 aromatic carbocycles. The quantitative estimate of drug-likeness (QED) is 0.552. The minimum atomic E-state index is -1.46. The van der Waals surface area contributed by atoms with Crippen molar-refractivity contribution in [2.45, 2.75) is 57.8 Å². The Hall–Kier alpha value is -2.63. The van der Waals surface area contributed by atoms with Crippen LogP contribution in [0.15, 0.2) is 59.5 Å². The lowest BCUT2D eigenvalue weighted by molar-refractivity contribution is -0.130. The van der Waals surface area contributed by atoms with Crippen LogP contribution in [0.25, 0.3) is 0 Å². The molecule has 0 bridgehead atoms. The van der Waals surface area contributed by atoms with E-state index in [0.29, 0.717) is 30.1 Å². The number of hydrogen-bond donors (Lipinski definition) is 1. The zero-order chi connectivity index (χ0) is 22.9. The molecule has 0 aromatic heterocycles. The molecular formula is C27H30O4S. The minimum Gasteiger partial charge on any atom is -0.488 e. The van der Waals surface area contributed by atoms with Crippen LogP contribution in [0, 0.1) is 27.7 Å². The Labute approximate surface area is 192 Å². The van der Waals surface area contributed by atoms with E-state index in [4.69, 9.17) is 9.47 Å². The molecule has 0 saturated carbocycles. The largest absolute Gasteiger partial charge is 0.488 e. The summed E-state index contributed by atoms with van der Waals surface area (Å²) in [4.78, 5) is 0.701. The monoisotopic (exact) mass is 450 g/mol. The van der Waals surface area contributed by atoms with Gasteiger partial charge in [-0.25, -0.2) is 0 Å². The zero-order valence-corrected chi connectivity index (χ0v) is 19.9. The maximum absolute atomic E-state index is 12.9. The van der Waals surface area contributed by atoms with Crippen molar-refractivity contribution in [3.63, 3.8) is 0 Å². The summed E-state index contributed by atoms with van der Waals surface area (Å²) in [6.45, 7) is 8.55. The molecule has 168 valence electrons. The summed E-state index contributed by atoms with van der Waals surface area (Å²) in [5.74, 6) is 0.155. The molecule has 32 heavy (non-hydrogen) atoms. The lowest BCUT2D eigenvalue weighted by Gasteiger charge is -2.36. The fraction of sp³-hybridized carbons (Fsp3) is 0.333. The van der Waals surface area contributed by atoms with Crippen molar-refractivity contribution < 1.29 is 18.8 Å². The third-order valence-electron chi connectivity index (χ3n) is 6.24. The van der Waals surface area contributed by atoms with E-state index in [-0.39, 0.29) is 5.75 Å². The van der Waals surface area contributed by atoms with Crippen LogP contribution in [-0.2, 0) is 23.8 Å². The first-order chi connectivity index (χ1) is 15.3. The van der Waals surface area contributed by atoms with Gasteiger partial charge in [0.15, 0.2) is 0 Å². The molecule has 0 saturated heterocycles. The fourth-order valence-corrected chi connectivity index (χ4v) is 5.40. The molecule has 0 fully saturated rings. The normalized spacial score (nSPS) is 18.5. The minimum absolute atomic E-state index is 0.0410. The summed E-state index contributed by atoms with van der Waals surface area (Å²) in [6, 6.07) is 17.7. The van der Waals surface area contributed by atoms with Crippen molar-refractivity contribution in [3.05, 3.63) is 88.0 Å². The first-order valence-corrected chi connectivity index (χ1v) is 12.2. The van der Waals surface area contributed by atoms with E-state index < -0.39 is 16.6 Å². The molecule has 3 aromatic rings. The van der Waals surface area contributed by atoms with Gasteiger partial charge in [0.25, 0.3) is 0 Å². The van der Waals surface area contributed by atoms with E-state index in [0.717, 1.165) is 39.1 Å². The van der Waals surface area contributed by atoms with Gasteiger partial charge in [-0.15, -0.1) is 0 Å². The molecule has 4 rings (SSSR count). The lowest BCUT2D eigenvalue weighted by Crippen LogP contribution is -2.44. The van der Waals surface area contributed by atoms with Crippen molar-refractivity contribution >= 4 is 10.8 Å². The van der Waals surface area contributed by atoms with Crippen LogP contribution in [0.2, 0.25) is 0 Å². The average Bonchev–Trinajstić information content (AvgIpc) is 2.78. The van der Waals surface area contributed by atoms with E-state index >= 15 is 0 Å². The smallest absolute Gasteiger partial charge is 0.220 e. The van der Waals surface area contributed by atoms with Crippen LogP contribution in [0.4, 0.5) is 0 Å². The molecule has 1 unspecified atom stereocenters. The second-order valence-electron chi connectivity index (χ2n) is 8.64. The van der Waals surface area contributed by atoms with Gasteiger partial charge < -0.3 is 14.6 Å². The molecule has 2 atom stereocenters. The number of hydrogen-bond acceptors (Lipinski definition) is 4. The van der Waals surface area contributed by atoms with Gasteiger partial charge in [-0.2, -0.15) is 0 Å². The molecule has 1 heterocycles. The van der Waals surface area contributed by atoms with Crippen LogP contribution >= 0.6 is 0 Å². The summed E-state index contributed by atoms with van der Waals surface area (Å²) >= 11 is 0. The Balaban J connectivity index is 1.56. The molecule has 5 heteroatoms. The van der Waals surface area contributed by atoms with E-state index in [2.05, 4.69) is 0 Å². The summed E-state index contributed by atoms with van der Waals surface area (Å²) in [5.41, 5.74) is 6.28. The Morgan fingerprint density at radius 2 is 1.66 bits per heavy atom. The van der Waals surface area contributed by atoms with E-state index in [1.54, 1.807) is 0 Å². The van der Waals surface area contributed by atoms with Crippen LogP contribution in [-0.4, -0.2) is 20.9 Å². The summed E-state index contributed by atoms with van der Waals surface area (Å²) in [5, 5.41) is 11.2. The van der Waals surface area contributed by atoms with E-state index in [1.165, 1.54) is 0 Å². The predicted molar refractivity (Wildman–Crippen MR) is 128 cm³/mol. The fourth-order valence-electron chi connectivity index (χ4n) is 4.18. The Bertz CT molecular complexity index is 1140. The first kappa shape index (κ1) is 22.6. The van der Waals surface area contributed by atoms with Crippen LogP contribution in [0.5, 0.6) is 11.5 Å². The molecule has 0 amide bonds. The number of aliphatic hydroxyl groups is 1. The highest BCUT2D eigenvalue weighted by Crippen LogP contribution is 2.43. The highest BCUT2D eigenvalue weighted by molar-refractivity contribution is 7.85. The standard InChI is InChI=1S/C27H30O4S/c1-18-10-12-23(13-11-18)32(29)17-27(28)15-14-24-21(4)25(19(2)20(3)26(24)31-27)30-16-22-8-6-5-7-9-22/h5-13,28H,14-17H2,1-4H3/t27?,32-/m1/s1. The molecular weight excluding hydrogens is 420 g/mol. The maximum Gasteiger partial charge on any atom is 0.220 e. The van der Waals surface area contributed by atoms with Gasteiger partial charge in [0.05, 0.1) is 16.6 Å². The third-order valence-corrected chi connectivity index (χ3v) is 7.75. The van der Waals surface area contributed by atoms with Crippen molar-refractivity contribution in [1.82, 2.24) is 0 Å². The van der Waals surface area contributed by atoms with Gasteiger partial charge in [0.1, 0.15) is 18.1 Å². The number of benzene rings is 3. The SMILES string of the molecule is Cc1ccc([S@](=O)CC2(O)CCc3c(C)c(OCc4ccccc4)c(C)c(C)c3O2)cc1. The molecule has 0 radical (unpaired) electrons. The molecule has 1 aliphatic heterocycles. The van der Waals surface area contributed by atoms with Gasteiger partial charge in [-0.3, -0.25) is 4.21 Å². The Morgan fingerprint density at radius 3 is 2.34 bits per heavy atom. The number of fused-ring (bicyclic) bond motifs is 1. The van der Waals surface area contributed by atoms with Gasteiger partial charge in [-0.1, -0.05) is 48.0 Å². The van der Waals surface area contributed by atoms with Crippen LogP contribution in [0.1, 0.15) is 39.8 Å². The Morgan fingerprint density at radius 1 is 0.969 bits per heavy atom. The molecule has 1 N–H and O–H groups in total. The Kier molecular flexibility index (Phi) is 6.40. The number of ether oxygens (including phenoxy) is 2. The number of rotatable bonds is 6. The van der Waals surface area contributed by atoms with Gasteiger partial charge in [0.2, 0.25) is 5.79 Å². The van der Waals surface area contributed by atoms with Crippen molar-refractivity contribution in [1.29, 1.82) is 0 Å². The second kappa shape index (κ2) is 9.08. The topological polar surface area (TPSA) is 55.8 Å². The highest BCUT2D eigenvalue weighted by Gasteiger charge is 2.38. The van der Waals surface area contributed by atoms with Crippen molar-refractivity contribution in [3.8, 4) is 11.5 Å². The van der Waals surface area contributed by atoms with E-state index in [1.807, 2.05) is 82.3 Å². The van der Waals surface area contributed by atoms with Crippen LogP contribution in [0.3, 0.4) is 0 Å². The van der Waals surface area contributed by atoms with Gasteiger partial charge in [-0.05, 0) is 68.5 Å². The second-order valence-corrected chi connectivity index (χ2v) is 10.1. The molecule has 1 aliphatic rings. The molecule has 0 aliphatic carbocycles. The summed E-state index contributed by atoms with van der Waals surface area (Å²) in [6.07, 6.45) is 1.03. The third kappa shape index (κ3) is 4.59. The maximum atomic E-state index is 12.9. The molecule has 4 nitrogen and oxygen atoms in total. The predicted octanol–water partition coefficient (Wildman–Crippen LogP) is 5.32. The van der Waals surface area contributed by atoms with Gasteiger partial charge in [0, 0.05) is 16.9 Å². The number of aryl methyl sites for hydroxylation is 1. The zero-order valence-electron chi connectivity index (χ0n) is 19.1. The van der Waals surface area contributed by atoms with Crippen molar-refractivity contribution in [2.24, 2.45) is 0 Å². The average molecular weight is 451 g/mol. The highest BCUT2D eigenvalue weighted by atomic mass is 32.2. The first-order valence-electron chi connectivity index (χ1n) is 10.9. The van der Waals surface area contributed by atoms with E-state index in [9.17, 15) is 9.32 Å². The van der Waals surface area contributed by atoms with Crippen LogP contribution < -0.4 is 9.47 Å². The van der Waals surface area contributed by atoms with Gasteiger partial charge >= 0.3 is 0 Å². The van der Waals surface area contributed by atoms with Crippen molar-refractivity contribution in [2.75, 3.05) is 5.75 Å².